The Morgan fingerprint density at radius 1 is 1.12 bits per heavy atom. The molecule has 162 valence electrons. The number of fused-ring (bicyclic) bond motifs is 1. The lowest BCUT2D eigenvalue weighted by molar-refractivity contribution is 0.0334. The van der Waals surface area contributed by atoms with Crippen LogP contribution in [0.15, 0.2) is 48.8 Å². The number of H-pyrrole nitrogens is 1. The van der Waals surface area contributed by atoms with Gasteiger partial charge in [0.15, 0.2) is 0 Å². The number of morpholine rings is 1. The molecule has 0 bridgehead atoms. The van der Waals surface area contributed by atoms with Crippen LogP contribution in [0.25, 0.3) is 33.7 Å². The molecule has 0 spiro atoms. The van der Waals surface area contributed by atoms with Gasteiger partial charge >= 0.3 is 0 Å². The molecule has 0 saturated carbocycles. The summed E-state index contributed by atoms with van der Waals surface area (Å²) in [6.45, 7) is 5.38. The average molecular weight is 429 g/mol. The third kappa shape index (κ3) is 4.08. The molecule has 1 aliphatic heterocycles. The lowest BCUT2D eigenvalue weighted by Gasteiger charge is -2.26. The van der Waals surface area contributed by atoms with E-state index < -0.39 is 0 Å². The summed E-state index contributed by atoms with van der Waals surface area (Å²) in [7, 11) is 0. The van der Waals surface area contributed by atoms with Gasteiger partial charge in [-0.2, -0.15) is 5.10 Å². The zero-order valence-electron chi connectivity index (χ0n) is 17.7. The van der Waals surface area contributed by atoms with Gasteiger partial charge in [0.1, 0.15) is 5.52 Å². The molecule has 1 aliphatic rings. The van der Waals surface area contributed by atoms with E-state index >= 15 is 0 Å². The van der Waals surface area contributed by atoms with Crippen molar-refractivity contribution in [3.05, 3.63) is 60.0 Å². The van der Waals surface area contributed by atoms with Gasteiger partial charge < -0.3 is 10.1 Å². The van der Waals surface area contributed by atoms with Crippen LogP contribution in [0.2, 0.25) is 0 Å². The molecule has 0 atom stereocenters. The molecule has 4 aromatic heterocycles. The van der Waals surface area contributed by atoms with E-state index in [-0.39, 0.29) is 5.91 Å². The maximum Gasteiger partial charge on any atom is 0.254 e. The van der Waals surface area contributed by atoms with Crippen molar-refractivity contribution in [1.29, 1.82) is 0 Å². The third-order valence-corrected chi connectivity index (χ3v) is 5.46. The Kier molecular flexibility index (Phi) is 5.57. The largest absolute Gasteiger partial charge is 0.379 e. The van der Waals surface area contributed by atoms with Crippen molar-refractivity contribution in [3.63, 3.8) is 0 Å². The normalized spacial score (nSPS) is 14.5. The van der Waals surface area contributed by atoms with E-state index in [1.165, 1.54) is 0 Å². The zero-order valence-corrected chi connectivity index (χ0v) is 17.7. The summed E-state index contributed by atoms with van der Waals surface area (Å²) in [5.74, 6) is -0.179. The van der Waals surface area contributed by atoms with Crippen molar-refractivity contribution < 1.29 is 9.53 Å². The molecular weight excluding hydrogens is 406 g/mol. The number of aromatic amines is 1. The minimum absolute atomic E-state index is 0.179. The number of rotatable bonds is 5. The molecule has 0 aliphatic carbocycles. The molecule has 1 saturated heterocycles. The van der Waals surface area contributed by atoms with Crippen LogP contribution in [0.1, 0.15) is 16.1 Å². The van der Waals surface area contributed by atoms with Crippen LogP contribution < -0.4 is 5.32 Å². The molecule has 5 rings (SSSR count). The fourth-order valence-electron chi connectivity index (χ4n) is 3.75. The second-order valence-corrected chi connectivity index (χ2v) is 7.64. The summed E-state index contributed by atoms with van der Waals surface area (Å²) in [5, 5.41) is 10.2. The lowest BCUT2D eigenvalue weighted by Crippen LogP contribution is -2.43. The molecule has 9 nitrogen and oxygen atoms in total. The summed E-state index contributed by atoms with van der Waals surface area (Å²) in [4.78, 5) is 28.9. The van der Waals surface area contributed by atoms with Crippen molar-refractivity contribution in [3.8, 4) is 22.6 Å². The first-order valence-electron chi connectivity index (χ1n) is 10.5. The first-order valence-corrected chi connectivity index (χ1v) is 10.5. The quantitative estimate of drug-likeness (QED) is 0.501. The van der Waals surface area contributed by atoms with E-state index in [1.54, 1.807) is 18.5 Å². The molecule has 0 radical (unpaired) electrons. The fraction of sp³-hybridized carbons (Fsp3) is 0.261. The number of aryl methyl sites for hydroxylation is 1. The Morgan fingerprint density at radius 3 is 2.84 bits per heavy atom. The van der Waals surface area contributed by atoms with Gasteiger partial charge in [0.2, 0.25) is 0 Å². The second kappa shape index (κ2) is 8.81. The van der Waals surface area contributed by atoms with E-state index in [2.05, 4.69) is 30.4 Å². The number of ether oxygens (including phenoxy) is 1. The van der Waals surface area contributed by atoms with Crippen molar-refractivity contribution in [1.82, 2.24) is 35.4 Å². The lowest BCUT2D eigenvalue weighted by atomic mass is 10.1. The van der Waals surface area contributed by atoms with E-state index in [0.717, 1.165) is 35.7 Å². The standard InChI is InChI=1S/C23H23N7O2/c1-15-3-2-4-20(27-15)22-17(13-26-29-22)18-5-6-19-21(28-18)16(7-8-24-19)23(31)25-14-30-9-11-32-12-10-30/h2-8,13H,9-12,14H2,1H3,(H,25,31)(H,26,29). The molecule has 9 heteroatoms. The highest BCUT2D eigenvalue weighted by atomic mass is 16.5. The zero-order chi connectivity index (χ0) is 21.9. The summed E-state index contributed by atoms with van der Waals surface area (Å²) < 4.78 is 5.36. The number of aromatic nitrogens is 5. The van der Waals surface area contributed by atoms with Crippen molar-refractivity contribution >= 4 is 16.9 Å². The third-order valence-electron chi connectivity index (χ3n) is 5.46. The molecule has 2 N–H and O–H groups in total. The molecule has 4 aromatic rings. The Balaban J connectivity index is 1.47. The van der Waals surface area contributed by atoms with Crippen LogP contribution in [0.3, 0.4) is 0 Å². The van der Waals surface area contributed by atoms with Crippen LogP contribution in [0, 0.1) is 6.92 Å². The SMILES string of the molecule is Cc1cccc(-c2[nH]ncc2-c2ccc3nccc(C(=O)NCN4CCOCC4)c3n2)n1. The molecule has 1 fully saturated rings. The van der Waals surface area contributed by atoms with Crippen molar-refractivity contribution in [2.75, 3.05) is 33.0 Å². The van der Waals surface area contributed by atoms with Gasteiger partial charge in [-0.15, -0.1) is 0 Å². The number of carbonyl (C=O) groups is 1. The van der Waals surface area contributed by atoms with Crippen LogP contribution >= 0.6 is 0 Å². The number of amides is 1. The predicted molar refractivity (Wildman–Crippen MR) is 120 cm³/mol. The van der Waals surface area contributed by atoms with Crippen molar-refractivity contribution in [2.45, 2.75) is 6.92 Å². The minimum Gasteiger partial charge on any atom is -0.379 e. The highest BCUT2D eigenvalue weighted by Crippen LogP contribution is 2.29. The Morgan fingerprint density at radius 2 is 2.00 bits per heavy atom. The molecule has 32 heavy (non-hydrogen) atoms. The molecule has 5 heterocycles. The van der Waals surface area contributed by atoms with E-state index in [1.807, 2.05) is 37.3 Å². The summed E-state index contributed by atoms with van der Waals surface area (Å²) in [6.07, 6.45) is 3.36. The van der Waals surface area contributed by atoms with Gasteiger partial charge in [0, 0.05) is 30.5 Å². The Bertz CT molecular complexity index is 1260. The number of hydrogen-bond donors (Lipinski definition) is 2. The smallest absolute Gasteiger partial charge is 0.254 e. The molecule has 1 amide bonds. The van der Waals surface area contributed by atoms with Crippen LogP contribution in [0.5, 0.6) is 0 Å². The fourth-order valence-corrected chi connectivity index (χ4v) is 3.75. The number of pyridine rings is 3. The summed E-state index contributed by atoms with van der Waals surface area (Å²) in [6, 6.07) is 11.3. The number of nitrogens with one attached hydrogen (secondary N) is 2. The predicted octanol–water partition coefficient (Wildman–Crippen LogP) is 2.41. The van der Waals surface area contributed by atoms with Gasteiger partial charge in [0.05, 0.1) is 54.2 Å². The topological polar surface area (TPSA) is 109 Å². The summed E-state index contributed by atoms with van der Waals surface area (Å²) in [5.41, 5.74) is 5.69. The Labute approximate surface area is 184 Å². The van der Waals surface area contributed by atoms with E-state index in [4.69, 9.17) is 9.72 Å². The van der Waals surface area contributed by atoms with Gasteiger partial charge in [-0.25, -0.2) is 4.98 Å². The molecule has 0 aromatic carbocycles. The van der Waals surface area contributed by atoms with Crippen LogP contribution in [0.4, 0.5) is 0 Å². The van der Waals surface area contributed by atoms with Crippen molar-refractivity contribution in [2.24, 2.45) is 0 Å². The molecule has 0 unspecified atom stereocenters. The van der Waals surface area contributed by atoms with Crippen LogP contribution in [-0.4, -0.2) is 68.9 Å². The number of carbonyl (C=O) groups excluding carboxylic acids is 1. The first kappa shape index (κ1) is 20.2. The van der Waals surface area contributed by atoms with Gasteiger partial charge in [0.25, 0.3) is 5.91 Å². The second-order valence-electron chi connectivity index (χ2n) is 7.64. The van der Waals surface area contributed by atoms with Gasteiger partial charge in [-0.3, -0.25) is 24.8 Å². The Hall–Kier alpha value is -3.69. The maximum atomic E-state index is 13.0. The minimum atomic E-state index is -0.179. The molecular formula is C23H23N7O2. The first-order chi connectivity index (χ1) is 15.7. The van der Waals surface area contributed by atoms with Gasteiger partial charge in [-0.05, 0) is 37.3 Å². The van der Waals surface area contributed by atoms with E-state index in [0.29, 0.717) is 42.2 Å². The van der Waals surface area contributed by atoms with Gasteiger partial charge in [-0.1, -0.05) is 6.07 Å². The highest BCUT2D eigenvalue weighted by Gasteiger charge is 2.17. The monoisotopic (exact) mass is 429 g/mol. The number of nitrogens with zero attached hydrogens (tertiary/aromatic N) is 5. The van der Waals surface area contributed by atoms with E-state index in [9.17, 15) is 4.79 Å². The number of hydrogen-bond acceptors (Lipinski definition) is 7. The average Bonchev–Trinajstić information content (AvgIpc) is 3.32. The van der Waals surface area contributed by atoms with Crippen LogP contribution in [-0.2, 0) is 4.74 Å². The maximum absolute atomic E-state index is 13.0. The highest BCUT2D eigenvalue weighted by molar-refractivity contribution is 6.05. The summed E-state index contributed by atoms with van der Waals surface area (Å²) >= 11 is 0.